The van der Waals surface area contributed by atoms with Crippen molar-refractivity contribution < 1.29 is 9.90 Å². The first-order valence-electron chi connectivity index (χ1n) is 8.51. The van der Waals surface area contributed by atoms with Crippen LogP contribution in [-0.4, -0.2) is 41.3 Å². The zero-order valence-corrected chi connectivity index (χ0v) is 15.6. The van der Waals surface area contributed by atoms with E-state index in [1.54, 1.807) is 11.3 Å². The summed E-state index contributed by atoms with van der Waals surface area (Å²) in [6.45, 7) is 9.97. The van der Waals surface area contributed by atoms with Gasteiger partial charge in [0.2, 0.25) is 0 Å². The molecular weight excluding hydrogens is 308 g/mol. The Morgan fingerprint density at radius 2 is 2.26 bits per heavy atom. The van der Waals surface area contributed by atoms with Gasteiger partial charge in [-0.1, -0.05) is 33.8 Å². The minimum absolute atomic E-state index is 0.0400. The number of likely N-dealkylation sites (tertiary alicyclic amines) is 1. The van der Waals surface area contributed by atoms with Gasteiger partial charge in [-0.3, -0.25) is 0 Å². The topological polar surface area (TPSA) is 52.6 Å². The Labute approximate surface area is 143 Å². The molecule has 1 aromatic heterocycles. The van der Waals surface area contributed by atoms with Crippen LogP contribution < -0.4 is 5.32 Å². The smallest absolute Gasteiger partial charge is 0.317 e. The molecule has 2 N–H and O–H groups in total. The summed E-state index contributed by atoms with van der Waals surface area (Å²) in [5.41, 5.74) is -0.463. The fourth-order valence-corrected chi connectivity index (χ4v) is 4.45. The number of nitrogens with one attached hydrogen (secondary N) is 1. The van der Waals surface area contributed by atoms with Gasteiger partial charge in [0.1, 0.15) is 0 Å². The third kappa shape index (κ3) is 4.07. The molecule has 2 heterocycles. The number of aliphatic hydroxyl groups is 1. The zero-order valence-electron chi connectivity index (χ0n) is 14.8. The van der Waals surface area contributed by atoms with E-state index in [0.717, 1.165) is 25.8 Å². The van der Waals surface area contributed by atoms with E-state index in [2.05, 4.69) is 44.5 Å². The van der Waals surface area contributed by atoms with Crippen molar-refractivity contribution in [1.29, 1.82) is 0 Å². The van der Waals surface area contributed by atoms with Gasteiger partial charge >= 0.3 is 6.03 Å². The van der Waals surface area contributed by atoms with Crippen LogP contribution in [0, 0.1) is 5.92 Å². The number of aliphatic hydroxyl groups excluding tert-OH is 1. The third-order valence-corrected chi connectivity index (χ3v) is 6.03. The maximum absolute atomic E-state index is 12.7. The number of hydrogen-bond donors (Lipinski definition) is 2. The molecule has 1 aromatic rings. The van der Waals surface area contributed by atoms with Gasteiger partial charge < -0.3 is 15.3 Å². The van der Waals surface area contributed by atoms with Crippen LogP contribution in [0.3, 0.4) is 0 Å². The number of amides is 2. The summed E-state index contributed by atoms with van der Waals surface area (Å²) >= 11 is 1.72. The van der Waals surface area contributed by atoms with Crippen molar-refractivity contribution in [3.8, 4) is 0 Å². The van der Waals surface area contributed by atoms with Gasteiger partial charge in [0.05, 0.1) is 12.1 Å². The molecule has 23 heavy (non-hydrogen) atoms. The summed E-state index contributed by atoms with van der Waals surface area (Å²) in [5, 5.41) is 15.1. The van der Waals surface area contributed by atoms with Gasteiger partial charge in [-0.15, -0.1) is 11.3 Å². The van der Waals surface area contributed by atoms with Crippen LogP contribution in [-0.2, 0) is 5.41 Å². The van der Waals surface area contributed by atoms with Crippen LogP contribution >= 0.6 is 11.3 Å². The Hall–Kier alpha value is -1.07. The molecule has 2 amide bonds. The quantitative estimate of drug-likeness (QED) is 0.832. The predicted octanol–water partition coefficient (Wildman–Crippen LogP) is 3.61. The lowest BCUT2D eigenvalue weighted by Gasteiger charge is -2.39. The highest BCUT2D eigenvalue weighted by Crippen LogP contribution is 2.35. The van der Waals surface area contributed by atoms with Gasteiger partial charge in [0, 0.05) is 23.4 Å². The van der Waals surface area contributed by atoms with E-state index in [4.69, 9.17) is 0 Å². The van der Waals surface area contributed by atoms with E-state index < -0.39 is 0 Å². The second-order valence-corrected chi connectivity index (χ2v) is 8.70. The number of thiophene rings is 1. The van der Waals surface area contributed by atoms with Crippen molar-refractivity contribution in [2.45, 2.75) is 57.9 Å². The van der Waals surface area contributed by atoms with Crippen molar-refractivity contribution in [2.24, 2.45) is 5.92 Å². The van der Waals surface area contributed by atoms with Crippen LogP contribution in [0.5, 0.6) is 0 Å². The normalized spacial score (nSPS) is 21.9. The fourth-order valence-electron chi connectivity index (χ4n) is 3.60. The first-order chi connectivity index (χ1) is 10.8. The Morgan fingerprint density at radius 3 is 2.83 bits per heavy atom. The van der Waals surface area contributed by atoms with Gasteiger partial charge in [0.25, 0.3) is 0 Å². The molecule has 0 saturated carbocycles. The highest BCUT2D eigenvalue weighted by molar-refractivity contribution is 7.10. The largest absolute Gasteiger partial charge is 0.394 e. The van der Waals surface area contributed by atoms with Crippen LogP contribution in [0.25, 0.3) is 0 Å². The van der Waals surface area contributed by atoms with E-state index >= 15 is 0 Å². The summed E-state index contributed by atoms with van der Waals surface area (Å²) in [6, 6.07) is 4.12. The molecule has 1 aliphatic rings. The van der Waals surface area contributed by atoms with Crippen LogP contribution in [0.1, 0.15) is 51.8 Å². The minimum atomic E-state index is -0.384. The average Bonchev–Trinajstić information content (AvgIpc) is 3.14. The highest BCUT2D eigenvalue weighted by atomic mass is 32.1. The summed E-state index contributed by atoms with van der Waals surface area (Å²) in [7, 11) is 0. The first-order valence-corrected chi connectivity index (χ1v) is 9.39. The number of urea groups is 1. The molecule has 0 aromatic carbocycles. The molecular formula is C18H30N2O2S. The Bertz CT molecular complexity index is 513. The van der Waals surface area contributed by atoms with Gasteiger partial charge in [-0.2, -0.15) is 0 Å². The van der Waals surface area contributed by atoms with Gasteiger partial charge in [0.15, 0.2) is 0 Å². The molecule has 1 fully saturated rings. The number of hydrogen-bond acceptors (Lipinski definition) is 3. The SMILES string of the molecule is CC(C)C[C@]1(CO)CCCN1C(=O)NCC(C)(C)c1cccs1. The molecule has 2 rings (SSSR count). The van der Waals surface area contributed by atoms with Crippen molar-refractivity contribution in [3.63, 3.8) is 0 Å². The Morgan fingerprint density at radius 1 is 1.52 bits per heavy atom. The lowest BCUT2D eigenvalue weighted by molar-refractivity contribution is 0.0672. The lowest BCUT2D eigenvalue weighted by atomic mass is 9.87. The Kier molecular flexibility index (Phi) is 5.74. The number of rotatable bonds is 6. The van der Waals surface area contributed by atoms with E-state index in [9.17, 15) is 9.90 Å². The second kappa shape index (κ2) is 7.22. The summed E-state index contributed by atoms with van der Waals surface area (Å²) in [4.78, 5) is 15.9. The van der Waals surface area contributed by atoms with E-state index in [0.29, 0.717) is 12.5 Å². The highest BCUT2D eigenvalue weighted by Gasteiger charge is 2.43. The summed E-state index contributed by atoms with van der Waals surface area (Å²) < 4.78 is 0. The summed E-state index contributed by atoms with van der Waals surface area (Å²) in [6.07, 6.45) is 2.71. The van der Waals surface area contributed by atoms with E-state index in [1.165, 1.54) is 4.88 Å². The molecule has 0 spiro atoms. The van der Waals surface area contributed by atoms with Crippen molar-refractivity contribution in [1.82, 2.24) is 10.2 Å². The molecule has 4 nitrogen and oxygen atoms in total. The maximum atomic E-state index is 12.7. The minimum Gasteiger partial charge on any atom is -0.394 e. The molecule has 5 heteroatoms. The number of carbonyl (C=O) groups is 1. The Balaban J connectivity index is 2.02. The van der Waals surface area contributed by atoms with Crippen molar-refractivity contribution in [3.05, 3.63) is 22.4 Å². The van der Waals surface area contributed by atoms with E-state index in [1.807, 2.05) is 11.0 Å². The van der Waals surface area contributed by atoms with Crippen LogP contribution in [0.15, 0.2) is 17.5 Å². The predicted molar refractivity (Wildman–Crippen MR) is 96.0 cm³/mol. The molecule has 0 bridgehead atoms. The van der Waals surface area contributed by atoms with Crippen molar-refractivity contribution >= 4 is 17.4 Å². The second-order valence-electron chi connectivity index (χ2n) is 7.76. The standard InChI is InChI=1S/C18H30N2O2S/c1-14(2)11-18(13-21)8-6-9-20(18)16(22)19-12-17(3,4)15-7-5-10-23-15/h5,7,10,14,21H,6,8-9,11-13H2,1-4H3,(H,19,22)/t18-/m0/s1. The molecule has 0 unspecified atom stereocenters. The average molecular weight is 339 g/mol. The number of carbonyl (C=O) groups excluding carboxylic acids is 1. The zero-order chi connectivity index (χ0) is 17.1. The first kappa shape index (κ1) is 18.3. The van der Waals surface area contributed by atoms with Crippen LogP contribution in [0.2, 0.25) is 0 Å². The lowest BCUT2D eigenvalue weighted by Crippen LogP contribution is -2.55. The van der Waals surface area contributed by atoms with E-state index in [-0.39, 0.29) is 23.6 Å². The monoisotopic (exact) mass is 338 g/mol. The fraction of sp³-hybridized carbons (Fsp3) is 0.722. The third-order valence-electron chi connectivity index (χ3n) is 4.79. The molecule has 1 aliphatic heterocycles. The maximum Gasteiger partial charge on any atom is 0.317 e. The molecule has 0 aliphatic carbocycles. The number of nitrogens with zero attached hydrogens (tertiary/aromatic N) is 1. The van der Waals surface area contributed by atoms with Gasteiger partial charge in [-0.25, -0.2) is 4.79 Å². The molecule has 1 atom stereocenters. The van der Waals surface area contributed by atoms with Crippen molar-refractivity contribution in [2.75, 3.05) is 19.7 Å². The van der Waals surface area contributed by atoms with Gasteiger partial charge in [-0.05, 0) is 36.6 Å². The molecule has 130 valence electrons. The molecule has 0 radical (unpaired) electrons. The summed E-state index contributed by atoms with van der Waals surface area (Å²) in [5.74, 6) is 0.457. The van der Waals surface area contributed by atoms with Crippen LogP contribution in [0.4, 0.5) is 4.79 Å². The molecule has 1 saturated heterocycles.